The Kier molecular flexibility index (Phi) is 3.32. The monoisotopic (exact) mass is 232 g/mol. The van der Waals surface area contributed by atoms with Crippen molar-refractivity contribution in [1.29, 1.82) is 0 Å². The Morgan fingerprint density at radius 2 is 2.12 bits per heavy atom. The maximum Gasteiger partial charge on any atom is 0.133 e. The van der Waals surface area contributed by atoms with Gasteiger partial charge in [0.25, 0.3) is 0 Å². The van der Waals surface area contributed by atoms with Crippen LogP contribution in [-0.4, -0.2) is 31.5 Å². The molecule has 0 aromatic carbocycles. The zero-order valence-electron chi connectivity index (χ0n) is 10.3. The summed E-state index contributed by atoms with van der Waals surface area (Å²) in [6.07, 6.45) is 4.15. The number of nitrogens with zero attached hydrogens (tertiary/aromatic N) is 5. The van der Waals surface area contributed by atoms with Crippen molar-refractivity contribution in [1.82, 2.24) is 25.0 Å². The number of rotatable bonds is 4. The molecule has 0 spiro atoms. The molecule has 0 atom stereocenters. The van der Waals surface area contributed by atoms with Crippen molar-refractivity contribution in [2.24, 2.45) is 7.05 Å². The topological polar surface area (TPSA) is 68.5 Å². The minimum Gasteiger partial charge on any atom is -0.370 e. The number of aromatic nitrogens is 5. The van der Waals surface area contributed by atoms with Crippen molar-refractivity contribution in [2.75, 3.05) is 11.9 Å². The van der Waals surface area contributed by atoms with Crippen LogP contribution in [0.25, 0.3) is 11.4 Å². The summed E-state index contributed by atoms with van der Waals surface area (Å²) in [7, 11) is 1.86. The van der Waals surface area contributed by atoms with Gasteiger partial charge in [0.1, 0.15) is 17.8 Å². The van der Waals surface area contributed by atoms with E-state index >= 15 is 0 Å². The minimum absolute atomic E-state index is 0.840. The Bertz CT molecular complexity index is 504. The van der Waals surface area contributed by atoms with Crippen LogP contribution < -0.4 is 5.32 Å². The molecule has 0 unspecified atom stereocenters. The lowest BCUT2D eigenvalue weighted by Crippen LogP contribution is -2.07. The van der Waals surface area contributed by atoms with Crippen LogP contribution in [0.5, 0.6) is 0 Å². The van der Waals surface area contributed by atoms with Gasteiger partial charge in [-0.05, 0) is 13.3 Å². The molecule has 1 N–H and O–H groups in total. The lowest BCUT2D eigenvalue weighted by molar-refractivity contribution is 0.718. The molecule has 0 bridgehead atoms. The lowest BCUT2D eigenvalue weighted by atomic mass is 10.1. The molecule has 6 nitrogen and oxygen atoms in total. The summed E-state index contributed by atoms with van der Waals surface area (Å²) in [5.74, 6) is 0.890. The molecule has 0 amide bonds. The van der Waals surface area contributed by atoms with E-state index in [0.717, 1.165) is 35.7 Å². The van der Waals surface area contributed by atoms with Crippen LogP contribution in [0.15, 0.2) is 12.5 Å². The van der Waals surface area contributed by atoms with E-state index in [9.17, 15) is 0 Å². The predicted octanol–water partition coefficient (Wildman–Crippen LogP) is 1.27. The highest BCUT2D eigenvalue weighted by Crippen LogP contribution is 2.24. The van der Waals surface area contributed by atoms with Crippen molar-refractivity contribution < 1.29 is 0 Å². The van der Waals surface area contributed by atoms with Gasteiger partial charge in [-0.3, -0.25) is 0 Å². The van der Waals surface area contributed by atoms with Crippen LogP contribution in [-0.2, 0) is 13.5 Å². The van der Waals surface area contributed by atoms with Crippen LogP contribution in [0.1, 0.15) is 19.4 Å². The molecule has 2 heterocycles. The van der Waals surface area contributed by atoms with Crippen LogP contribution in [0.3, 0.4) is 0 Å². The third-order valence-corrected chi connectivity index (χ3v) is 2.60. The van der Waals surface area contributed by atoms with Crippen molar-refractivity contribution in [2.45, 2.75) is 20.3 Å². The zero-order valence-corrected chi connectivity index (χ0v) is 10.3. The average molecular weight is 232 g/mol. The van der Waals surface area contributed by atoms with Gasteiger partial charge in [0.05, 0.1) is 11.9 Å². The number of hydrogen-bond acceptors (Lipinski definition) is 5. The first-order chi connectivity index (χ1) is 8.27. The van der Waals surface area contributed by atoms with Gasteiger partial charge in [-0.1, -0.05) is 12.1 Å². The molecule has 6 heteroatoms. The molecule has 0 saturated heterocycles. The first kappa shape index (κ1) is 11.5. The highest BCUT2D eigenvalue weighted by molar-refractivity contribution is 5.64. The Hall–Kier alpha value is -1.98. The average Bonchev–Trinajstić information content (AvgIpc) is 2.75. The van der Waals surface area contributed by atoms with Gasteiger partial charge in [-0.25, -0.2) is 14.6 Å². The normalized spacial score (nSPS) is 10.5. The quantitative estimate of drug-likeness (QED) is 0.859. The zero-order chi connectivity index (χ0) is 12.3. The summed E-state index contributed by atoms with van der Waals surface area (Å²) in [5.41, 5.74) is 2.90. The van der Waals surface area contributed by atoms with Gasteiger partial charge in [0.15, 0.2) is 0 Å². The molecular formula is C11H16N6. The molecule has 2 aromatic heterocycles. The fraction of sp³-hybridized carbons (Fsp3) is 0.455. The number of anilines is 1. The SMILES string of the molecule is CCNc1ncnc(-c2cnnn2C)c1CC. The summed E-state index contributed by atoms with van der Waals surface area (Å²) in [6, 6.07) is 0. The van der Waals surface area contributed by atoms with E-state index in [4.69, 9.17) is 0 Å². The molecule has 17 heavy (non-hydrogen) atoms. The lowest BCUT2D eigenvalue weighted by Gasteiger charge is -2.11. The standard InChI is InChI=1S/C11H16N6/c1-4-8-10(9-6-15-16-17(9)3)13-7-14-11(8)12-5-2/h6-7H,4-5H2,1-3H3,(H,12,13,14). The second-order valence-electron chi connectivity index (χ2n) is 3.68. The van der Waals surface area contributed by atoms with E-state index in [-0.39, 0.29) is 0 Å². The largest absolute Gasteiger partial charge is 0.370 e. The van der Waals surface area contributed by atoms with Crippen LogP contribution in [0.2, 0.25) is 0 Å². The van der Waals surface area contributed by atoms with Gasteiger partial charge >= 0.3 is 0 Å². The van der Waals surface area contributed by atoms with E-state index in [1.54, 1.807) is 17.2 Å². The molecule has 2 aromatic rings. The van der Waals surface area contributed by atoms with Crippen LogP contribution >= 0.6 is 0 Å². The smallest absolute Gasteiger partial charge is 0.133 e. The van der Waals surface area contributed by atoms with E-state index in [0.29, 0.717) is 0 Å². The maximum atomic E-state index is 4.34. The van der Waals surface area contributed by atoms with Crippen molar-refractivity contribution in [3.63, 3.8) is 0 Å². The molecule has 90 valence electrons. The molecule has 0 aliphatic rings. The van der Waals surface area contributed by atoms with E-state index < -0.39 is 0 Å². The second kappa shape index (κ2) is 4.90. The van der Waals surface area contributed by atoms with E-state index in [1.165, 1.54) is 0 Å². The molecule has 2 rings (SSSR count). The van der Waals surface area contributed by atoms with Gasteiger partial charge in [0, 0.05) is 19.2 Å². The summed E-state index contributed by atoms with van der Waals surface area (Å²) >= 11 is 0. The van der Waals surface area contributed by atoms with Crippen LogP contribution in [0.4, 0.5) is 5.82 Å². The van der Waals surface area contributed by atoms with Crippen molar-refractivity contribution >= 4 is 5.82 Å². The van der Waals surface area contributed by atoms with Gasteiger partial charge in [-0.15, -0.1) is 5.10 Å². The Balaban J connectivity index is 2.54. The van der Waals surface area contributed by atoms with Crippen molar-refractivity contribution in [3.8, 4) is 11.4 Å². The Labute approximate surface area is 100 Å². The van der Waals surface area contributed by atoms with E-state index in [1.807, 2.05) is 14.0 Å². The molecule has 0 radical (unpaired) electrons. The first-order valence-corrected chi connectivity index (χ1v) is 5.70. The predicted molar refractivity (Wildman–Crippen MR) is 65.6 cm³/mol. The van der Waals surface area contributed by atoms with Crippen LogP contribution in [0, 0.1) is 0 Å². The van der Waals surface area contributed by atoms with Gasteiger partial charge < -0.3 is 5.32 Å². The summed E-state index contributed by atoms with van der Waals surface area (Å²) in [5, 5.41) is 11.1. The molecule has 0 saturated carbocycles. The fourth-order valence-corrected chi connectivity index (χ4v) is 1.79. The first-order valence-electron chi connectivity index (χ1n) is 5.70. The van der Waals surface area contributed by atoms with Gasteiger partial charge in [0.2, 0.25) is 0 Å². The molecular weight excluding hydrogens is 216 g/mol. The molecule has 0 fully saturated rings. The minimum atomic E-state index is 0.840. The third-order valence-electron chi connectivity index (χ3n) is 2.60. The van der Waals surface area contributed by atoms with Crippen molar-refractivity contribution in [3.05, 3.63) is 18.1 Å². The van der Waals surface area contributed by atoms with Gasteiger partial charge in [-0.2, -0.15) is 0 Å². The highest BCUT2D eigenvalue weighted by Gasteiger charge is 2.14. The fourth-order valence-electron chi connectivity index (χ4n) is 1.79. The summed E-state index contributed by atoms with van der Waals surface area (Å²) in [4.78, 5) is 8.61. The maximum absolute atomic E-state index is 4.34. The summed E-state index contributed by atoms with van der Waals surface area (Å²) in [6.45, 7) is 4.98. The second-order valence-corrected chi connectivity index (χ2v) is 3.68. The number of hydrogen-bond donors (Lipinski definition) is 1. The highest BCUT2D eigenvalue weighted by atomic mass is 15.4. The third kappa shape index (κ3) is 2.11. The Morgan fingerprint density at radius 3 is 2.71 bits per heavy atom. The van der Waals surface area contributed by atoms with E-state index in [2.05, 4.69) is 32.5 Å². The number of aryl methyl sites for hydroxylation is 1. The summed E-state index contributed by atoms with van der Waals surface area (Å²) < 4.78 is 1.72. The molecule has 0 aliphatic carbocycles. The molecule has 0 aliphatic heterocycles. The Morgan fingerprint density at radius 1 is 1.29 bits per heavy atom. The number of nitrogens with one attached hydrogen (secondary N) is 1.